The molecular formula is C26H23N5O4. The number of fused-ring (bicyclic) bond motifs is 1. The number of rotatable bonds is 7. The normalized spacial score (nSPS) is 10.9. The summed E-state index contributed by atoms with van der Waals surface area (Å²) >= 11 is 0. The summed E-state index contributed by atoms with van der Waals surface area (Å²) in [7, 11) is 6.32. The van der Waals surface area contributed by atoms with Crippen LogP contribution in [0.3, 0.4) is 0 Å². The molecule has 0 unspecified atom stereocenters. The van der Waals surface area contributed by atoms with Crippen molar-refractivity contribution in [2.45, 2.75) is 0 Å². The minimum Gasteiger partial charge on any atom is -0.494 e. The van der Waals surface area contributed by atoms with Gasteiger partial charge < -0.3 is 18.9 Å². The molecule has 0 bridgehead atoms. The summed E-state index contributed by atoms with van der Waals surface area (Å²) in [6.07, 6.45) is 0. The van der Waals surface area contributed by atoms with Crippen LogP contribution in [0, 0.1) is 0 Å². The lowest BCUT2D eigenvalue weighted by Crippen LogP contribution is -2.02. The van der Waals surface area contributed by atoms with Crippen LogP contribution < -0.4 is 18.9 Å². The molecule has 9 heteroatoms. The van der Waals surface area contributed by atoms with Crippen LogP contribution in [-0.4, -0.2) is 53.4 Å². The van der Waals surface area contributed by atoms with Crippen molar-refractivity contribution >= 4 is 11.2 Å². The van der Waals surface area contributed by atoms with Crippen molar-refractivity contribution in [3.63, 3.8) is 0 Å². The number of nitrogens with zero attached hydrogens (tertiary/aromatic N) is 5. The lowest BCUT2D eigenvalue weighted by Gasteiger charge is -2.13. The highest BCUT2D eigenvalue weighted by molar-refractivity contribution is 5.90. The molecule has 0 saturated heterocycles. The van der Waals surface area contributed by atoms with Crippen LogP contribution in [0.1, 0.15) is 0 Å². The number of hydrogen-bond donors (Lipinski definition) is 0. The van der Waals surface area contributed by atoms with E-state index in [-0.39, 0.29) is 0 Å². The van der Waals surface area contributed by atoms with Crippen LogP contribution in [-0.2, 0) is 0 Å². The Balaban J connectivity index is 1.81. The van der Waals surface area contributed by atoms with Gasteiger partial charge in [-0.25, -0.2) is 9.67 Å². The molecule has 5 aromatic rings. The highest BCUT2D eigenvalue weighted by Gasteiger charge is 2.23. The number of hydrogen-bond acceptors (Lipinski definition) is 8. The maximum Gasteiger partial charge on any atom is 0.204 e. The number of methoxy groups -OCH3 is 4. The van der Waals surface area contributed by atoms with Gasteiger partial charge in [0, 0.05) is 11.1 Å². The maximum absolute atomic E-state index is 5.57. The summed E-state index contributed by atoms with van der Waals surface area (Å²) in [5.41, 5.74) is 3.91. The minimum absolute atomic E-state index is 0.484. The Hall–Kier alpha value is -4.66. The van der Waals surface area contributed by atoms with E-state index in [1.807, 2.05) is 66.7 Å². The second-order valence-corrected chi connectivity index (χ2v) is 7.52. The van der Waals surface area contributed by atoms with Crippen molar-refractivity contribution in [3.8, 4) is 51.3 Å². The quantitative estimate of drug-likeness (QED) is 0.342. The van der Waals surface area contributed by atoms with Crippen LogP contribution in [0.5, 0.6) is 23.0 Å². The van der Waals surface area contributed by atoms with Crippen LogP contribution in [0.4, 0.5) is 0 Å². The first-order valence-corrected chi connectivity index (χ1v) is 10.8. The van der Waals surface area contributed by atoms with Crippen LogP contribution in [0.2, 0.25) is 0 Å². The molecule has 35 heavy (non-hydrogen) atoms. The largest absolute Gasteiger partial charge is 0.494 e. The summed E-state index contributed by atoms with van der Waals surface area (Å²) in [6.45, 7) is 0. The molecule has 3 aromatic carbocycles. The summed E-state index contributed by atoms with van der Waals surface area (Å²) < 4.78 is 23.9. The molecule has 5 rings (SSSR count). The second-order valence-electron chi connectivity index (χ2n) is 7.52. The molecule has 0 N–H and O–H groups in total. The van der Waals surface area contributed by atoms with Gasteiger partial charge in [-0.05, 0) is 24.3 Å². The van der Waals surface area contributed by atoms with Gasteiger partial charge in [0.1, 0.15) is 22.6 Å². The fourth-order valence-electron chi connectivity index (χ4n) is 3.91. The van der Waals surface area contributed by atoms with Gasteiger partial charge in [0.2, 0.25) is 11.4 Å². The van der Waals surface area contributed by atoms with Crippen molar-refractivity contribution in [2.75, 3.05) is 28.4 Å². The molecule has 0 fully saturated rings. The molecule has 0 aliphatic heterocycles. The van der Waals surface area contributed by atoms with E-state index in [0.717, 1.165) is 11.1 Å². The predicted octanol–water partition coefficient (Wildman–Crippen LogP) is 4.58. The molecule has 2 heterocycles. The van der Waals surface area contributed by atoms with E-state index in [0.29, 0.717) is 51.4 Å². The summed E-state index contributed by atoms with van der Waals surface area (Å²) in [5, 5.41) is 13.8. The molecule has 0 radical (unpaired) electrons. The van der Waals surface area contributed by atoms with Gasteiger partial charge in [-0.1, -0.05) is 42.5 Å². The third kappa shape index (κ3) is 3.86. The maximum atomic E-state index is 5.57. The van der Waals surface area contributed by atoms with Crippen molar-refractivity contribution in [3.05, 3.63) is 66.7 Å². The molecule has 0 atom stereocenters. The summed E-state index contributed by atoms with van der Waals surface area (Å²) in [6, 6.07) is 20.9. The molecule has 0 spiro atoms. The number of aromatic nitrogens is 5. The van der Waals surface area contributed by atoms with E-state index in [9.17, 15) is 0 Å². The van der Waals surface area contributed by atoms with E-state index in [4.69, 9.17) is 29.0 Å². The Morgan fingerprint density at radius 1 is 0.657 bits per heavy atom. The monoisotopic (exact) mass is 469 g/mol. The average Bonchev–Trinajstić information content (AvgIpc) is 3.31. The van der Waals surface area contributed by atoms with Crippen molar-refractivity contribution < 1.29 is 18.9 Å². The lowest BCUT2D eigenvalue weighted by molar-refractivity contribution is 0.324. The van der Waals surface area contributed by atoms with E-state index in [1.165, 1.54) is 0 Å². The van der Waals surface area contributed by atoms with Gasteiger partial charge in [-0.15, -0.1) is 10.2 Å². The fourth-order valence-corrected chi connectivity index (χ4v) is 3.91. The van der Waals surface area contributed by atoms with Gasteiger partial charge in [0.15, 0.2) is 17.3 Å². The van der Waals surface area contributed by atoms with Gasteiger partial charge in [-0.3, -0.25) is 0 Å². The van der Waals surface area contributed by atoms with E-state index in [1.54, 1.807) is 33.1 Å². The first-order valence-electron chi connectivity index (χ1n) is 10.8. The molecule has 176 valence electrons. The third-order valence-electron chi connectivity index (χ3n) is 5.58. The number of para-hydroxylation sites is 2. The van der Waals surface area contributed by atoms with Gasteiger partial charge in [-0.2, -0.15) is 5.10 Å². The number of ether oxygens (including phenoxy) is 4. The fraction of sp³-hybridized carbons (Fsp3) is 0.154. The van der Waals surface area contributed by atoms with Crippen LogP contribution in [0.15, 0.2) is 66.7 Å². The Labute approximate surface area is 201 Å². The highest BCUT2D eigenvalue weighted by atomic mass is 16.5. The SMILES string of the molecule is COc1ccccc1-n1nc(-c2cc(OC)c(OC)c(OC)c2)c2nc(-c3ccccc3)nnc21. The van der Waals surface area contributed by atoms with E-state index < -0.39 is 0 Å². The van der Waals surface area contributed by atoms with Crippen molar-refractivity contribution in [1.82, 2.24) is 25.0 Å². The van der Waals surface area contributed by atoms with Crippen LogP contribution >= 0.6 is 0 Å². The lowest BCUT2D eigenvalue weighted by atomic mass is 10.1. The molecular weight excluding hydrogens is 446 g/mol. The summed E-state index contributed by atoms with van der Waals surface area (Å²) in [4.78, 5) is 4.87. The summed E-state index contributed by atoms with van der Waals surface area (Å²) in [5.74, 6) is 2.64. The smallest absolute Gasteiger partial charge is 0.204 e. The standard InChI is InChI=1S/C26H23N5O4/c1-32-19-13-9-8-12-18(19)31-26-23(27-25(28-29-26)16-10-6-5-7-11-16)22(30-31)17-14-20(33-2)24(35-4)21(15-17)34-3/h5-15H,1-4H3. The van der Waals surface area contributed by atoms with Gasteiger partial charge in [0.25, 0.3) is 0 Å². The number of benzene rings is 3. The van der Waals surface area contributed by atoms with Crippen molar-refractivity contribution in [2.24, 2.45) is 0 Å². The van der Waals surface area contributed by atoms with Gasteiger partial charge in [0.05, 0.1) is 28.4 Å². The zero-order chi connectivity index (χ0) is 24.4. The topological polar surface area (TPSA) is 93.4 Å². The highest BCUT2D eigenvalue weighted by Crippen LogP contribution is 2.42. The Morgan fingerprint density at radius 2 is 1.31 bits per heavy atom. The third-order valence-corrected chi connectivity index (χ3v) is 5.58. The molecule has 0 amide bonds. The zero-order valence-corrected chi connectivity index (χ0v) is 19.7. The molecule has 0 saturated carbocycles. The van der Waals surface area contributed by atoms with Crippen LogP contribution in [0.25, 0.3) is 39.5 Å². The predicted molar refractivity (Wildman–Crippen MR) is 132 cm³/mol. The average molecular weight is 470 g/mol. The van der Waals surface area contributed by atoms with E-state index >= 15 is 0 Å². The van der Waals surface area contributed by atoms with E-state index in [2.05, 4.69) is 10.2 Å². The molecule has 0 aliphatic carbocycles. The molecule has 0 aliphatic rings. The Morgan fingerprint density at radius 3 is 1.97 bits per heavy atom. The molecule has 2 aromatic heterocycles. The first kappa shape index (κ1) is 22.1. The second kappa shape index (κ2) is 9.30. The van der Waals surface area contributed by atoms with Gasteiger partial charge >= 0.3 is 0 Å². The Kier molecular flexibility index (Phi) is 5.88. The zero-order valence-electron chi connectivity index (χ0n) is 19.7. The van der Waals surface area contributed by atoms with Crippen molar-refractivity contribution in [1.29, 1.82) is 0 Å². The molecule has 9 nitrogen and oxygen atoms in total. The Bertz CT molecular complexity index is 1480. The minimum atomic E-state index is 0.484. The first-order chi connectivity index (χ1) is 17.2.